The summed E-state index contributed by atoms with van der Waals surface area (Å²) in [7, 11) is 0. The molecule has 2 atom stereocenters. The van der Waals surface area contributed by atoms with E-state index in [9.17, 15) is 4.79 Å². The van der Waals surface area contributed by atoms with Crippen molar-refractivity contribution in [2.75, 3.05) is 24.6 Å². The van der Waals surface area contributed by atoms with Crippen LogP contribution in [0.15, 0.2) is 54.6 Å². The molecule has 2 aromatic carbocycles. The highest BCUT2D eigenvalue weighted by Crippen LogP contribution is 2.39. The van der Waals surface area contributed by atoms with Gasteiger partial charge in [-0.1, -0.05) is 48.9 Å². The minimum Gasteiger partial charge on any atom is -0.489 e. The number of nitrogens with zero attached hydrogens (tertiary/aromatic N) is 2. The van der Waals surface area contributed by atoms with Gasteiger partial charge < -0.3 is 4.74 Å². The minimum absolute atomic E-state index is 0.0845. The Balaban J connectivity index is 1.65. The summed E-state index contributed by atoms with van der Waals surface area (Å²) in [6.45, 7) is 4.20. The van der Waals surface area contributed by atoms with Gasteiger partial charge in [-0.3, -0.25) is 14.6 Å². The number of amides is 1. The molecule has 0 spiro atoms. The van der Waals surface area contributed by atoms with Crippen LogP contribution in [0, 0.1) is 0 Å². The predicted octanol–water partition coefficient (Wildman–Crippen LogP) is 4.03. The van der Waals surface area contributed by atoms with E-state index >= 15 is 0 Å². The van der Waals surface area contributed by atoms with Crippen LogP contribution in [0.3, 0.4) is 0 Å². The molecule has 0 aliphatic carbocycles. The first-order chi connectivity index (χ1) is 12.7. The first kappa shape index (κ1) is 17.1. The lowest BCUT2D eigenvalue weighted by Gasteiger charge is -2.40. The Morgan fingerprint density at radius 2 is 1.85 bits per heavy atom. The van der Waals surface area contributed by atoms with Crippen molar-refractivity contribution in [1.82, 2.24) is 4.90 Å². The van der Waals surface area contributed by atoms with Gasteiger partial charge in [-0.25, -0.2) is 0 Å². The van der Waals surface area contributed by atoms with Crippen molar-refractivity contribution >= 4 is 11.6 Å². The highest BCUT2D eigenvalue weighted by Gasteiger charge is 2.34. The Kier molecular flexibility index (Phi) is 4.93. The number of fused-ring (bicyclic) bond motifs is 1. The molecule has 0 aromatic heterocycles. The average molecular weight is 350 g/mol. The monoisotopic (exact) mass is 350 g/mol. The Morgan fingerprint density at radius 1 is 1.08 bits per heavy atom. The Hall–Kier alpha value is -2.33. The number of carbonyl (C=O) groups excluding carboxylic acids is 1. The van der Waals surface area contributed by atoms with Crippen LogP contribution in [0.4, 0.5) is 5.69 Å². The Bertz CT molecular complexity index is 762. The van der Waals surface area contributed by atoms with Gasteiger partial charge in [0.05, 0.1) is 18.3 Å². The highest BCUT2D eigenvalue weighted by atomic mass is 16.5. The molecule has 4 rings (SSSR count). The van der Waals surface area contributed by atoms with Gasteiger partial charge in [-0.2, -0.15) is 0 Å². The molecule has 2 aliphatic rings. The van der Waals surface area contributed by atoms with Gasteiger partial charge in [-0.05, 0) is 44.0 Å². The van der Waals surface area contributed by atoms with Crippen LogP contribution in [0.2, 0.25) is 0 Å². The summed E-state index contributed by atoms with van der Waals surface area (Å²) in [6.07, 6.45) is 3.62. The fourth-order valence-corrected chi connectivity index (χ4v) is 4.06. The van der Waals surface area contributed by atoms with E-state index in [0.717, 1.165) is 23.5 Å². The van der Waals surface area contributed by atoms with Crippen LogP contribution in [0.5, 0.6) is 5.75 Å². The first-order valence-corrected chi connectivity index (χ1v) is 9.57. The maximum Gasteiger partial charge on any atom is 0.241 e. The smallest absolute Gasteiger partial charge is 0.241 e. The lowest BCUT2D eigenvalue weighted by Crippen LogP contribution is -2.49. The van der Waals surface area contributed by atoms with Gasteiger partial charge in [0.1, 0.15) is 12.4 Å². The number of rotatable bonds is 3. The van der Waals surface area contributed by atoms with E-state index in [2.05, 4.69) is 24.0 Å². The Morgan fingerprint density at radius 3 is 2.65 bits per heavy atom. The third-order valence-electron chi connectivity index (χ3n) is 5.57. The molecule has 0 radical (unpaired) electrons. The standard InChI is InChI=1S/C22H26N2O2/c1-17-9-7-8-14-23(17)15-22(25)24-19-12-5-6-13-21(19)26-16-20(24)18-10-3-2-4-11-18/h2-6,10-13,17,20H,7-9,14-16H2,1H3/t17-,20+/m1/s1. The molecule has 0 saturated carbocycles. The fourth-order valence-electron chi connectivity index (χ4n) is 4.06. The second-order valence-corrected chi connectivity index (χ2v) is 7.28. The Labute approximate surface area is 155 Å². The molecular weight excluding hydrogens is 324 g/mol. The number of benzene rings is 2. The number of likely N-dealkylation sites (tertiary alicyclic amines) is 1. The normalized spacial score (nSPS) is 23.2. The van der Waals surface area contributed by atoms with Crippen LogP contribution in [-0.4, -0.2) is 36.5 Å². The van der Waals surface area contributed by atoms with E-state index in [1.807, 2.05) is 47.4 Å². The summed E-state index contributed by atoms with van der Waals surface area (Å²) in [5, 5.41) is 0. The SMILES string of the molecule is C[C@@H]1CCCCN1CC(=O)N1c2ccccc2OC[C@H]1c1ccccc1. The van der Waals surface area contributed by atoms with Crippen LogP contribution in [0.1, 0.15) is 37.8 Å². The third kappa shape index (κ3) is 3.34. The van der Waals surface area contributed by atoms with E-state index in [1.54, 1.807) is 0 Å². The van der Waals surface area contributed by atoms with Crippen molar-refractivity contribution in [3.63, 3.8) is 0 Å². The molecule has 1 saturated heterocycles. The molecule has 1 fully saturated rings. The lowest BCUT2D eigenvalue weighted by molar-refractivity contribution is -0.121. The summed E-state index contributed by atoms with van der Waals surface area (Å²) >= 11 is 0. The van der Waals surface area contributed by atoms with E-state index in [-0.39, 0.29) is 11.9 Å². The minimum atomic E-state index is -0.0845. The zero-order chi connectivity index (χ0) is 17.9. The molecule has 0 unspecified atom stereocenters. The molecule has 2 aliphatic heterocycles. The van der Waals surface area contributed by atoms with Crippen molar-refractivity contribution in [2.45, 2.75) is 38.3 Å². The molecule has 0 bridgehead atoms. The molecule has 0 N–H and O–H groups in total. The number of anilines is 1. The van der Waals surface area contributed by atoms with Crippen molar-refractivity contribution < 1.29 is 9.53 Å². The zero-order valence-electron chi connectivity index (χ0n) is 15.3. The molecule has 4 nitrogen and oxygen atoms in total. The van der Waals surface area contributed by atoms with Crippen LogP contribution in [-0.2, 0) is 4.79 Å². The molecule has 136 valence electrons. The van der Waals surface area contributed by atoms with Crippen molar-refractivity contribution in [2.24, 2.45) is 0 Å². The first-order valence-electron chi connectivity index (χ1n) is 9.57. The van der Waals surface area contributed by atoms with Crippen molar-refractivity contribution in [1.29, 1.82) is 0 Å². The van der Waals surface area contributed by atoms with Crippen molar-refractivity contribution in [3.05, 3.63) is 60.2 Å². The van der Waals surface area contributed by atoms with Gasteiger partial charge in [-0.15, -0.1) is 0 Å². The summed E-state index contributed by atoms with van der Waals surface area (Å²) in [4.78, 5) is 17.7. The van der Waals surface area contributed by atoms with Gasteiger partial charge in [0.15, 0.2) is 0 Å². The van der Waals surface area contributed by atoms with Crippen LogP contribution >= 0.6 is 0 Å². The van der Waals surface area contributed by atoms with Gasteiger partial charge in [0, 0.05) is 6.04 Å². The molecule has 1 amide bonds. The van der Waals surface area contributed by atoms with Crippen LogP contribution < -0.4 is 9.64 Å². The second-order valence-electron chi connectivity index (χ2n) is 7.28. The molecule has 2 aromatic rings. The predicted molar refractivity (Wildman–Crippen MR) is 103 cm³/mol. The largest absolute Gasteiger partial charge is 0.489 e. The third-order valence-corrected chi connectivity index (χ3v) is 5.57. The number of ether oxygens (including phenoxy) is 1. The van der Waals surface area contributed by atoms with Crippen LogP contribution in [0.25, 0.3) is 0 Å². The number of hydrogen-bond donors (Lipinski definition) is 0. The van der Waals surface area contributed by atoms with E-state index in [1.165, 1.54) is 19.3 Å². The molecular formula is C22H26N2O2. The van der Waals surface area contributed by atoms with Gasteiger partial charge in [0.2, 0.25) is 5.91 Å². The van der Waals surface area contributed by atoms with Gasteiger partial charge in [0.25, 0.3) is 0 Å². The summed E-state index contributed by atoms with van der Waals surface area (Å²) in [5.74, 6) is 0.947. The maximum atomic E-state index is 13.4. The fraction of sp³-hybridized carbons (Fsp3) is 0.409. The topological polar surface area (TPSA) is 32.8 Å². The molecule has 26 heavy (non-hydrogen) atoms. The summed E-state index contributed by atoms with van der Waals surface area (Å²) in [6, 6.07) is 18.4. The number of hydrogen-bond acceptors (Lipinski definition) is 3. The molecule has 2 heterocycles. The number of piperidine rings is 1. The van der Waals surface area contributed by atoms with Gasteiger partial charge >= 0.3 is 0 Å². The number of para-hydroxylation sites is 2. The zero-order valence-corrected chi connectivity index (χ0v) is 15.3. The maximum absolute atomic E-state index is 13.4. The van der Waals surface area contributed by atoms with Crippen molar-refractivity contribution in [3.8, 4) is 5.75 Å². The van der Waals surface area contributed by atoms with E-state index in [4.69, 9.17) is 4.74 Å². The van der Waals surface area contributed by atoms with E-state index < -0.39 is 0 Å². The lowest BCUT2D eigenvalue weighted by atomic mass is 10.0. The molecule has 4 heteroatoms. The second kappa shape index (κ2) is 7.50. The summed E-state index contributed by atoms with van der Waals surface area (Å²) in [5.41, 5.74) is 1.99. The average Bonchev–Trinajstić information content (AvgIpc) is 2.69. The van der Waals surface area contributed by atoms with E-state index in [0.29, 0.717) is 19.2 Å². The number of carbonyl (C=O) groups is 1. The highest BCUT2D eigenvalue weighted by molar-refractivity contribution is 5.97. The summed E-state index contributed by atoms with van der Waals surface area (Å²) < 4.78 is 5.97. The quantitative estimate of drug-likeness (QED) is 0.838.